The van der Waals surface area contributed by atoms with Crippen molar-refractivity contribution >= 4 is 34.3 Å². The van der Waals surface area contributed by atoms with Crippen LogP contribution >= 0.6 is 11.9 Å². The molecule has 1 heterocycles. The van der Waals surface area contributed by atoms with Gasteiger partial charge in [0.05, 0.1) is 5.56 Å². The van der Waals surface area contributed by atoms with E-state index in [2.05, 4.69) is 20.8 Å². The van der Waals surface area contributed by atoms with Gasteiger partial charge in [0.15, 0.2) is 5.82 Å². The second kappa shape index (κ2) is 7.92. The number of nitrogens with zero attached hydrogens (tertiary/aromatic N) is 4. The molecule has 3 aromatic carbocycles. The van der Waals surface area contributed by atoms with Crippen LogP contribution in [0.15, 0.2) is 59.5 Å². The highest BCUT2D eigenvalue weighted by atomic mass is 32.2. The standard InChI is InChI=1S/C21H19N5O2S/c1-3-19-23-24-25-26(19)29-18-12-16(20(27)15-10-6-5-9-14(15)18)21(28)22-17-11-7-4-8-13(17)2/h4-12,27H,3H2,1-2H3,(H,22,28). The number of fused-ring (bicyclic) bond motifs is 1. The smallest absolute Gasteiger partial charge is 0.259 e. The Kier molecular flexibility index (Phi) is 5.18. The van der Waals surface area contributed by atoms with Crippen molar-refractivity contribution in [2.24, 2.45) is 0 Å². The Labute approximate surface area is 171 Å². The minimum absolute atomic E-state index is 0.0523. The van der Waals surface area contributed by atoms with E-state index in [1.54, 1.807) is 16.2 Å². The molecule has 0 spiro atoms. The summed E-state index contributed by atoms with van der Waals surface area (Å²) in [7, 11) is 0. The van der Waals surface area contributed by atoms with Crippen LogP contribution in [0.25, 0.3) is 10.8 Å². The Hall–Kier alpha value is -3.39. The molecule has 1 aromatic heterocycles. The number of carbonyl (C=O) groups excluding carboxylic acids is 1. The summed E-state index contributed by atoms with van der Waals surface area (Å²) in [5.74, 6) is 0.290. The Bertz CT molecular complexity index is 1200. The molecule has 0 saturated carbocycles. The fourth-order valence-electron chi connectivity index (χ4n) is 3.05. The molecule has 29 heavy (non-hydrogen) atoms. The number of phenols is 1. The van der Waals surface area contributed by atoms with E-state index in [9.17, 15) is 9.90 Å². The van der Waals surface area contributed by atoms with Gasteiger partial charge in [-0.1, -0.05) is 49.4 Å². The molecule has 0 saturated heterocycles. The van der Waals surface area contributed by atoms with Gasteiger partial charge in [0, 0.05) is 39.7 Å². The number of tetrazole rings is 1. The number of aromatic nitrogens is 4. The van der Waals surface area contributed by atoms with E-state index in [0.29, 0.717) is 17.5 Å². The summed E-state index contributed by atoms with van der Waals surface area (Å²) in [5.41, 5.74) is 1.84. The Balaban J connectivity index is 1.79. The van der Waals surface area contributed by atoms with Gasteiger partial charge in [-0.15, -0.1) is 5.10 Å². The highest BCUT2D eigenvalue weighted by Gasteiger charge is 2.19. The van der Waals surface area contributed by atoms with Crippen LogP contribution < -0.4 is 5.32 Å². The van der Waals surface area contributed by atoms with E-state index in [-0.39, 0.29) is 17.2 Å². The van der Waals surface area contributed by atoms with Crippen LogP contribution in [0.3, 0.4) is 0 Å². The van der Waals surface area contributed by atoms with Crippen molar-refractivity contribution in [3.63, 3.8) is 0 Å². The van der Waals surface area contributed by atoms with Crippen molar-refractivity contribution in [2.45, 2.75) is 25.2 Å². The third kappa shape index (κ3) is 3.66. The molecule has 0 aliphatic rings. The van der Waals surface area contributed by atoms with Crippen LogP contribution in [0.2, 0.25) is 0 Å². The maximum atomic E-state index is 13.0. The van der Waals surface area contributed by atoms with E-state index in [1.165, 1.54) is 11.9 Å². The Morgan fingerprint density at radius 1 is 1.14 bits per heavy atom. The van der Waals surface area contributed by atoms with Gasteiger partial charge >= 0.3 is 0 Å². The number of nitrogens with one attached hydrogen (secondary N) is 1. The number of hydrogen-bond donors (Lipinski definition) is 2. The zero-order valence-corrected chi connectivity index (χ0v) is 16.8. The van der Waals surface area contributed by atoms with E-state index in [0.717, 1.165) is 21.7 Å². The maximum absolute atomic E-state index is 13.0. The number of hydrogen-bond acceptors (Lipinski definition) is 6. The van der Waals surface area contributed by atoms with Crippen molar-refractivity contribution in [3.8, 4) is 5.75 Å². The largest absolute Gasteiger partial charge is 0.506 e. The average Bonchev–Trinajstić information content (AvgIpc) is 3.19. The topological polar surface area (TPSA) is 92.9 Å². The van der Waals surface area contributed by atoms with Crippen molar-refractivity contribution in [1.82, 2.24) is 19.6 Å². The number of carbonyl (C=O) groups is 1. The molecule has 8 heteroatoms. The molecule has 7 nitrogen and oxygen atoms in total. The normalized spacial score (nSPS) is 11.0. The molecule has 1 amide bonds. The lowest BCUT2D eigenvalue weighted by Crippen LogP contribution is -2.13. The van der Waals surface area contributed by atoms with Gasteiger partial charge in [-0.3, -0.25) is 4.79 Å². The fourth-order valence-corrected chi connectivity index (χ4v) is 4.02. The monoisotopic (exact) mass is 405 g/mol. The fraction of sp³-hybridized carbons (Fsp3) is 0.143. The van der Waals surface area contributed by atoms with Gasteiger partial charge in [0.25, 0.3) is 5.91 Å². The summed E-state index contributed by atoms with van der Waals surface area (Å²) < 4.78 is 1.63. The molecule has 0 fully saturated rings. The number of aryl methyl sites for hydroxylation is 2. The number of amides is 1. The van der Waals surface area contributed by atoms with Crippen molar-refractivity contribution in [1.29, 1.82) is 0 Å². The molecule has 0 aliphatic carbocycles. The number of aromatic hydroxyl groups is 1. The summed E-state index contributed by atoms with van der Waals surface area (Å²) in [6.45, 7) is 3.89. The summed E-state index contributed by atoms with van der Waals surface area (Å²) in [4.78, 5) is 13.8. The van der Waals surface area contributed by atoms with E-state index < -0.39 is 0 Å². The lowest BCUT2D eigenvalue weighted by atomic mass is 10.0. The van der Waals surface area contributed by atoms with E-state index in [1.807, 2.05) is 56.3 Å². The summed E-state index contributed by atoms with van der Waals surface area (Å²) in [6, 6.07) is 16.6. The summed E-state index contributed by atoms with van der Waals surface area (Å²) >= 11 is 1.31. The molecule has 4 rings (SSSR count). The van der Waals surface area contributed by atoms with Crippen LogP contribution in [0, 0.1) is 6.92 Å². The van der Waals surface area contributed by atoms with E-state index >= 15 is 0 Å². The zero-order chi connectivity index (χ0) is 20.4. The average molecular weight is 405 g/mol. The zero-order valence-electron chi connectivity index (χ0n) is 16.0. The van der Waals surface area contributed by atoms with Crippen LogP contribution in [0.1, 0.15) is 28.7 Å². The van der Waals surface area contributed by atoms with Gasteiger partial charge < -0.3 is 10.4 Å². The number of para-hydroxylation sites is 1. The predicted octanol–water partition coefficient (Wildman–Crippen LogP) is 4.21. The predicted molar refractivity (Wildman–Crippen MR) is 113 cm³/mol. The molecule has 4 aromatic rings. The quantitative estimate of drug-likeness (QED) is 0.517. The SMILES string of the molecule is CCc1nnnn1Sc1cc(C(=O)Nc2ccccc2C)c(O)c2ccccc12. The van der Waals surface area contributed by atoms with Gasteiger partial charge in [-0.25, -0.2) is 0 Å². The van der Waals surface area contributed by atoms with Gasteiger partial charge in [-0.05, 0) is 35.0 Å². The van der Waals surface area contributed by atoms with Crippen LogP contribution in [0.5, 0.6) is 5.75 Å². The van der Waals surface area contributed by atoms with Crippen molar-refractivity contribution in [3.05, 3.63) is 71.5 Å². The van der Waals surface area contributed by atoms with E-state index in [4.69, 9.17) is 0 Å². The highest BCUT2D eigenvalue weighted by Crippen LogP contribution is 2.37. The van der Waals surface area contributed by atoms with Crippen LogP contribution in [-0.4, -0.2) is 30.6 Å². The van der Waals surface area contributed by atoms with Gasteiger partial charge in [0.1, 0.15) is 5.75 Å². The first-order valence-electron chi connectivity index (χ1n) is 9.15. The first-order valence-corrected chi connectivity index (χ1v) is 9.93. The van der Waals surface area contributed by atoms with Crippen LogP contribution in [0.4, 0.5) is 5.69 Å². The lowest BCUT2D eigenvalue weighted by Gasteiger charge is -2.14. The second-order valence-corrected chi connectivity index (χ2v) is 7.47. The van der Waals surface area contributed by atoms with Crippen molar-refractivity contribution in [2.75, 3.05) is 5.32 Å². The highest BCUT2D eigenvalue weighted by molar-refractivity contribution is 7.98. The number of phenolic OH excluding ortho intramolecular Hbond substituents is 1. The van der Waals surface area contributed by atoms with Crippen molar-refractivity contribution < 1.29 is 9.90 Å². The first kappa shape index (κ1) is 18.9. The molecule has 0 bridgehead atoms. The molecule has 0 unspecified atom stereocenters. The molecular weight excluding hydrogens is 386 g/mol. The first-order chi connectivity index (χ1) is 14.1. The van der Waals surface area contributed by atoms with Gasteiger partial charge in [0.2, 0.25) is 0 Å². The number of benzene rings is 3. The summed E-state index contributed by atoms with van der Waals surface area (Å²) in [5, 5.41) is 26.9. The molecular formula is C21H19N5O2S. The van der Waals surface area contributed by atoms with Gasteiger partial charge in [-0.2, -0.15) is 4.09 Å². The maximum Gasteiger partial charge on any atom is 0.259 e. The lowest BCUT2D eigenvalue weighted by molar-refractivity contribution is 0.102. The molecule has 0 atom stereocenters. The minimum atomic E-state index is -0.378. The summed E-state index contributed by atoms with van der Waals surface area (Å²) in [6.07, 6.45) is 0.677. The molecule has 0 aliphatic heterocycles. The third-order valence-corrected chi connectivity index (χ3v) is 5.61. The Morgan fingerprint density at radius 2 is 1.86 bits per heavy atom. The molecule has 2 N–H and O–H groups in total. The number of rotatable bonds is 5. The van der Waals surface area contributed by atoms with Crippen LogP contribution in [-0.2, 0) is 6.42 Å². The molecule has 0 radical (unpaired) electrons. The third-order valence-electron chi connectivity index (χ3n) is 4.62. The second-order valence-electron chi connectivity index (χ2n) is 6.50. The Morgan fingerprint density at radius 3 is 2.62 bits per heavy atom. The molecule has 146 valence electrons. The number of anilines is 1. The minimum Gasteiger partial charge on any atom is -0.506 e.